The molecule has 1 N–H and O–H groups in total. The summed E-state index contributed by atoms with van der Waals surface area (Å²) in [4.78, 5) is 15.0. The van der Waals surface area contributed by atoms with Crippen molar-refractivity contribution in [3.05, 3.63) is 10.0 Å². The maximum absolute atomic E-state index is 10.6. The van der Waals surface area contributed by atoms with E-state index < -0.39 is 5.97 Å². The summed E-state index contributed by atoms with van der Waals surface area (Å²) in [5.74, 6) is -1.18. The molecule has 0 bridgehead atoms. The Bertz CT molecular complexity index is 347. The topological polar surface area (TPSA) is 84.7 Å². The van der Waals surface area contributed by atoms with E-state index in [9.17, 15) is 4.79 Å². The van der Waals surface area contributed by atoms with Crippen molar-refractivity contribution in [2.45, 2.75) is 6.92 Å². The average Bonchev–Trinajstić information content (AvgIpc) is 2.46. The molecule has 1 rings (SSSR count). The van der Waals surface area contributed by atoms with Crippen LogP contribution in [0.25, 0.3) is 0 Å². The second-order valence-corrected chi connectivity index (χ2v) is 3.24. The van der Waals surface area contributed by atoms with Gasteiger partial charge in [0.25, 0.3) is 0 Å². The van der Waals surface area contributed by atoms with Crippen molar-refractivity contribution >= 4 is 23.0 Å². The molecule has 13 heavy (non-hydrogen) atoms. The third kappa shape index (κ3) is 2.22. The highest BCUT2D eigenvalue weighted by Crippen LogP contribution is 2.09. The first-order valence-corrected chi connectivity index (χ1v) is 4.11. The fourth-order valence-corrected chi connectivity index (χ4v) is 1.32. The predicted molar refractivity (Wildman–Crippen MR) is 45.8 cm³/mol. The highest BCUT2D eigenvalue weighted by molar-refractivity contribution is 7.14. The molecule has 7 heteroatoms. The van der Waals surface area contributed by atoms with Gasteiger partial charge in [0.1, 0.15) is 12.1 Å². The molecule has 0 aliphatic carbocycles. The van der Waals surface area contributed by atoms with Gasteiger partial charge in [0.15, 0.2) is 5.01 Å². The van der Waals surface area contributed by atoms with Crippen molar-refractivity contribution < 1.29 is 14.7 Å². The summed E-state index contributed by atoms with van der Waals surface area (Å²) < 4.78 is 0. The Morgan fingerprint density at radius 1 is 1.62 bits per heavy atom. The SMILES string of the molecule is CON=C(C(=O)O)c1nnc(C)s1. The quantitative estimate of drug-likeness (QED) is 0.561. The van der Waals surface area contributed by atoms with Crippen LogP contribution in [-0.4, -0.2) is 34.1 Å². The molecule has 70 valence electrons. The van der Waals surface area contributed by atoms with Crippen LogP contribution < -0.4 is 0 Å². The smallest absolute Gasteiger partial charge is 0.361 e. The lowest BCUT2D eigenvalue weighted by atomic mass is 10.4. The summed E-state index contributed by atoms with van der Waals surface area (Å²) in [6.07, 6.45) is 0. The number of hydrogen-bond donors (Lipinski definition) is 1. The summed E-state index contributed by atoms with van der Waals surface area (Å²) in [6.45, 7) is 1.73. The summed E-state index contributed by atoms with van der Waals surface area (Å²) >= 11 is 1.15. The Morgan fingerprint density at radius 2 is 2.31 bits per heavy atom. The van der Waals surface area contributed by atoms with Gasteiger partial charge in [0.2, 0.25) is 5.71 Å². The van der Waals surface area contributed by atoms with Crippen molar-refractivity contribution in [2.24, 2.45) is 5.16 Å². The molecule has 0 atom stereocenters. The van der Waals surface area contributed by atoms with E-state index in [-0.39, 0.29) is 10.7 Å². The largest absolute Gasteiger partial charge is 0.476 e. The number of carboxylic acids is 1. The lowest BCUT2D eigenvalue weighted by Crippen LogP contribution is -2.14. The van der Waals surface area contributed by atoms with E-state index in [0.717, 1.165) is 11.3 Å². The fraction of sp³-hybridized carbons (Fsp3) is 0.333. The first kappa shape index (κ1) is 9.59. The monoisotopic (exact) mass is 201 g/mol. The maximum atomic E-state index is 10.6. The van der Waals surface area contributed by atoms with E-state index >= 15 is 0 Å². The molecule has 0 unspecified atom stereocenters. The van der Waals surface area contributed by atoms with Crippen molar-refractivity contribution in [1.82, 2.24) is 10.2 Å². The molecule has 0 saturated heterocycles. The number of rotatable bonds is 3. The van der Waals surface area contributed by atoms with Crippen LogP contribution in [-0.2, 0) is 9.63 Å². The number of oxime groups is 1. The van der Waals surface area contributed by atoms with Gasteiger partial charge < -0.3 is 9.94 Å². The summed E-state index contributed by atoms with van der Waals surface area (Å²) in [5, 5.41) is 20.3. The van der Waals surface area contributed by atoms with Gasteiger partial charge in [-0.3, -0.25) is 0 Å². The van der Waals surface area contributed by atoms with Crippen LogP contribution in [0.15, 0.2) is 5.16 Å². The zero-order valence-corrected chi connectivity index (χ0v) is 7.83. The van der Waals surface area contributed by atoms with E-state index in [2.05, 4.69) is 20.2 Å². The molecule has 1 heterocycles. The van der Waals surface area contributed by atoms with E-state index in [1.165, 1.54) is 7.11 Å². The number of nitrogens with zero attached hydrogens (tertiary/aromatic N) is 3. The Kier molecular flexibility index (Phi) is 2.91. The minimum Gasteiger partial charge on any atom is -0.476 e. The Hall–Kier alpha value is -1.50. The number of aromatic nitrogens is 2. The van der Waals surface area contributed by atoms with E-state index in [1.807, 2.05) is 0 Å². The van der Waals surface area contributed by atoms with E-state index in [0.29, 0.717) is 5.01 Å². The van der Waals surface area contributed by atoms with Crippen LogP contribution in [0.4, 0.5) is 0 Å². The Balaban J connectivity index is 3.02. The van der Waals surface area contributed by atoms with Crippen LogP contribution in [0, 0.1) is 6.92 Å². The van der Waals surface area contributed by atoms with Crippen molar-refractivity contribution in [1.29, 1.82) is 0 Å². The third-order valence-electron chi connectivity index (χ3n) is 1.11. The van der Waals surface area contributed by atoms with Crippen LogP contribution in [0.2, 0.25) is 0 Å². The molecule has 6 nitrogen and oxygen atoms in total. The normalized spacial score (nSPS) is 11.4. The van der Waals surface area contributed by atoms with Gasteiger partial charge in [0.05, 0.1) is 0 Å². The van der Waals surface area contributed by atoms with Gasteiger partial charge in [-0.2, -0.15) is 0 Å². The summed E-state index contributed by atoms with van der Waals surface area (Å²) in [5.41, 5.74) is -0.229. The van der Waals surface area contributed by atoms with E-state index in [4.69, 9.17) is 5.11 Å². The maximum Gasteiger partial charge on any atom is 0.361 e. The first-order valence-electron chi connectivity index (χ1n) is 3.30. The predicted octanol–water partition coefficient (Wildman–Crippen LogP) is 0.282. The minimum atomic E-state index is -1.18. The molecule has 1 aromatic rings. The van der Waals surface area contributed by atoms with Crippen LogP contribution in [0.5, 0.6) is 0 Å². The van der Waals surface area contributed by atoms with Crippen LogP contribution >= 0.6 is 11.3 Å². The number of hydrogen-bond acceptors (Lipinski definition) is 6. The van der Waals surface area contributed by atoms with Gasteiger partial charge >= 0.3 is 5.97 Å². The molecule has 0 spiro atoms. The minimum absolute atomic E-state index is 0.229. The van der Waals surface area contributed by atoms with Crippen molar-refractivity contribution in [2.75, 3.05) is 7.11 Å². The summed E-state index contributed by atoms with van der Waals surface area (Å²) in [6, 6.07) is 0. The zero-order valence-electron chi connectivity index (χ0n) is 7.01. The molecule has 0 saturated carbocycles. The molecular formula is C6H7N3O3S. The first-order chi connectivity index (χ1) is 6.15. The van der Waals surface area contributed by atoms with Gasteiger partial charge in [-0.15, -0.1) is 10.2 Å². The number of aliphatic carboxylic acids is 1. The van der Waals surface area contributed by atoms with Crippen molar-refractivity contribution in [3.63, 3.8) is 0 Å². The number of aryl methyl sites for hydroxylation is 1. The molecule has 0 fully saturated rings. The highest BCUT2D eigenvalue weighted by atomic mass is 32.1. The Labute approximate surface area is 77.9 Å². The van der Waals surface area contributed by atoms with Crippen LogP contribution in [0.1, 0.15) is 10.0 Å². The molecule has 0 aliphatic rings. The lowest BCUT2D eigenvalue weighted by Gasteiger charge is -1.92. The third-order valence-corrected chi connectivity index (χ3v) is 1.96. The molecule has 0 amide bonds. The number of carbonyl (C=O) groups is 1. The van der Waals surface area contributed by atoms with Gasteiger partial charge in [-0.05, 0) is 6.92 Å². The van der Waals surface area contributed by atoms with Gasteiger partial charge in [-0.1, -0.05) is 16.5 Å². The van der Waals surface area contributed by atoms with Crippen molar-refractivity contribution in [3.8, 4) is 0 Å². The molecular weight excluding hydrogens is 194 g/mol. The lowest BCUT2D eigenvalue weighted by molar-refractivity contribution is -0.129. The van der Waals surface area contributed by atoms with Crippen LogP contribution in [0.3, 0.4) is 0 Å². The van der Waals surface area contributed by atoms with E-state index in [1.54, 1.807) is 6.92 Å². The average molecular weight is 201 g/mol. The summed E-state index contributed by atoms with van der Waals surface area (Å²) in [7, 11) is 1.27. The molecule has 0 aliphatic heterocycles. The molecule has 1 aromatic heterocycles. The molecule has 0 radical (unpaired) electrons. The second-order valence-electron chi connectivity index (χ2n) is 2.05. The fourth-order valence-electron chi connectivity index (χ4n) is 0.653. The zero-order chi connectivity index (χ0) is 9.84. The standard InChI is InChI=1S/C6H7N3O3S/c1-3-7-8-5(13-3)4(6(10)11)9-12-2/h1-2H3,(H,10,11). The Morgan fingerprint density at radius 3 is 2.69 bits per heavy atom. The second kappa shape index (κ2) is 3.94. The van der Waals surface area contributed by atoms with Gasteiger partial charge in [0, 0.05) is 0 Å². The molecule has 0 aromatic carbocycles. The number of carboxylic acid groups (broad SMARTS) is 1. The van der Waals surface area contributed by atoms with Gasteiger partial charge in [-0.25, -0.2) is 4.79 Å². The highest BCUT2D eigenvalue weighted by Gasteiger charge is 2.17.